The lowest BCUT2D eigenvalue weighted by Gasteiger charge is -2.31. The number of esters is 1. The summed E-state index contributed by atoms with van der Waals surface area (Å²) in [5, 5.41) is 0.560. The quantitative estimate of drug-likeness (QED) is 0.268. The van der Waals surface area contributed by atoms with Gasteiger partial charge in [-0.15, -0.1) is 0 Å². The van der Waals surface area contributed by atoms with Gasteiger partial charge in [0.05, 0.1) is 24.8 Å². The number of piperidine rings is 1. The second-order valence-corrected chi connectivity index (χ2v) is 10.2. The summed E-state index contributed by atoms with van der Waals surface area (Å²) in [6.45, 7) is 2.48. The van der Waals surface area contributed by atoms with Crippen molar-refractivity contribution in [3.8, 4) is 11.5 Å². The van der Waals surface area contributed by atoms with Crippen molar-refractivity contribution in [2.75, 3.05) is 37.8 Å². The highest BCUT2D eigenvalue weighted by Crippen LogP contribution is 2.34. The number of ether oxygens (including phenoxy) is 3. The Hall–Kier alpha value is -4.31. The topological polar surface area (TPSA) is 116 Å². The number of Topliss-reactive ketones (excluding diaryl/α,β-unsaturated/α-hetero) is 1. The van der Waals surface area contributed by atoms with Crippen molar-refractivity contribution >= 4 is 40.9 Å². The Morgan fingerprint density at radius 2 is 1.88 bits per heavy atom. The first-order chi connectivity index (χ1) is 19.8. The smallest absolute Gasteiger partial charge is 0.310 e. The van der Waals surface area contributed by atoms with Crippen molar-refractivity contribution in [2.24, 2.45) is 5.92 Å². The van der Waals surface area contributed by atoms with Crippen LogP contribution in [0.2, 0.25) is 5.02 Å². The summed E-state index contributed by atoms with van der Waals surface area (Å²) < 4.78 is 22.1. The largest absolute Gasteiger partial charge is 0.485 e. The maximum absolute atomic E-state index is 13.1. The fourth-order valence-electron chi connectivity index (χ4n) is 4.82. The van der Waals surface area contributed by atoms with Crippen molar-refractivity contribution in [3.05, 3.63) is 76.7 Å². The maximum Gasteiger partial charge on any atom is 0.310 e. The molecule has 0 bridgehead atoms. The van der Waals surface area contributed by atoms with E-state index in [0.717, 1.165) is 0 Å². The van der Waals surface area contributed by atoms with Gasteiger partial charge in [0.2, 0.25) is 0 Å². The summed E-state index contributed by atoms with van der Waals surface area (Å²) in [5.41, 5.74) is 0.758. The number of carbonyl (C=O) groups excluding carboxylic acids is 4. The fraction of sp³-hybridized carbons (Fsp3) is 0.333. The molecule has 1 aromatic heterocycles. The zero-order chi connectivity index (χ0) is 28.9. The van der Waals surface area contributed by atoms with Crippen LogP contribution in [0.5, 0.6) is 11.5 Å². The first kappa shape index (κ1) is 28.2. The fourth-order valence-corrected chi connectivity index (χ4v) is 4.94. The lowest BCUT2D eigenvalue weighted by atomic mass is 9.98. The summed E-state index contributed by atoms with van der Waals surface area (Å²) in [6, 6.07) is 14.7. The third-order valence-corrected chi connectivity index (χ3v) is 7.17. The SMILES string of the molecule is CCOC(=O)[C@H]1CCCN(C(=O)c2ccc(CN3C(=O)COc4ccc(C(=O)COc5ccc(Cl)cc5)cc43)o2)C1. The minimum Gasteiger partial charge on any atom is -0.485 e. The minimum atomic E-state index is -0.363. The molecule has 1 fully saturated rings. The van der Waals surface area contributed by atoms with Gasteiger partial charge in [0, 0.05) is 23.7 Å². The molecule has 2 amide bonds. The number of furan rings is 1. The normalized spacial score (nSPS) is 16.5. The van der Waals surface area contributed by atoms with Gasteiger partial charge in [-0.3, -0.25) is 24.1 Å². The lowest BCUT2D eigenvalue weighted by molar-refractivity contribution is -0.149. The van der Waals surface area contributed by atoms with Gasteiger partial charge in [-0.2, -0.15) is 0 Å². The predicted octanol–water partition coefficient (Wildman–Crippen LogP) is 4.54. The van der Waals surface area contributed by atoms with Crippen molar-refractivity contribution in [1.82, 2.24) is 4.90 Å². The van der Waals surface area contributed by atoms with Crippen LogP contribution in [0.15, 0.2) is 59.0 Å². The number of hydrogen-bond donors (Lipinski definition) is 0. The average Bonchev–Trinajstić information content (AvgIpc) is 3.46. The summed E-state index contributed by atoms with van der Waals surface area (Å²) in [6.07, 6.45) is 1.36. The number of fused-ring (bicyclic) bond motifs is 1. The van der Waals surface area contributed by atoms with E-state index in [0.29, 0.717) is 59.5 Å². The number of rotatable bonds is 9. The number of ketones is 1. The Morgan fingerprint density at radius 3 is 2.66 bits per heavy atom. The van der Waals surface area contributed by atoms with E-state index >= 15 is 0 Å². The first-order valence-electron chi connectivity index (χ1n) is 13.4. The molecule has 214 valence electrons. The van der Waals surface area contributed by atoms with E-state index in [1.807, 2.05) is 0 Å². The molecule has 11 heteroatoms. The highest BCUT2D eigenvalue weighted by molar-refractivity contribution is 6.30. The van der Waals surface area contributed by atoms with Gasteiger partial charge in [-0.05, 0) is 74.4 Å². The average molecular weight is 581 g/mol. The Bertz CT molecular complexity index is 1450. The number of anilines is 1. The van der Waals surface area contributed by atoms with Crippen LogP contribution < -0.4 is 14.4 Å². The van der Waals surface area contributed by atoms with Crippen LogP contribution in [0, 0.1) is 5.92 Å². The number of amides is 2. The Morgan fingerprint density at radius 1 is 1.07 bits per heavy atom. The molecule has 10 nitrogen and oxygen atoms in total. The second kappa shape index (κ2) is 12.5. The Kier molecular flexibility index (Phi) is 8.58. The first-order valence-corrected chi connectivity index (χ1v) is 13.7. The molecule has 2 aliphatic rings. The van der Waals surface area contributed by atoms with Crippen molar-refractivity contribution in [1.29, 1.82) is 0 Å². The molecule has 41 heavy (non-hydrogen) atoms. The van der Waals surface area contributed by atoms with Gasteiger partial charge in [-0.25, -0.2) is 0 Å². The highest BCUT2D eigenvalue weighted by Gasteiger charge is 2.32. The van der Waals surface area contributed by atoms with E-state index in [9.17, 15) is 19.2 Å². The zero-order valence-corrected chi connectivity index (χ0v) is 23.2. The summed E-state index contributed by atoms with van der Waals surface area (Å²) in [7, 11) is 0. The third-order valence-electron chi connectivity index (χ3n) is 6.92. The molecular weight excluding hydrogens is 552 g/mol. The highest BCUT2D eigenvalue weighted by atomic mass is 35.5. The number of hydrogen-bond acceptors (Lipinski definition) is 8. The second-order valence-electron chi connectivity index (χ2n) is 9.73. The van der Waals surface area contributed by atoms with Crippen LogP contribution in [0.3, 0.4) is 0 Å². The molecular formula is C30H29ClN2O8. The van der Waals surface area contributed by atoms with E-state index in [2.05, 4.69) is 0 Å². The van der Waals surface area contributed by atoms with E-state index in [4.69, 9.17) is 30.2 Å². The molecule has 3 heterocycles. The number of likely N-dealkylation sites (tertiary alicyclic amines) is 1. The molecule has 2 aliphatic heterocycles. The molecule has 0 radical (unpaired) electrons. The lowest BCUT2D eigenvalue weighted by Crippen LogP contribution is -2.42. The number of benzene rings is 2. The van der Waals surface area contributed by atoms with Crippen LogP contribution >= 0.6 is 11.6 Å². The molecule has 2 aromatic carbocycles. The standard InChI is InChI=1S/C30H29ClN2O8/c1-2-38-30(37)20-4-3-13-32(15-20)29(36)27-12-10-23(41-27)16-33-24-14-19(5-11-26(24)40-18-28(33)35)25(34)17-39-22-8-6-21(31)7-9-22/h5-12,14,20H,2-4,13,15-18H2,1H3/t20-/m0/s1. The monoisotopic (exact) mass is 580 g/mol. The van der Waals surface area contributed by atoms with Gasteiger partial charge in [0.25, 0.3) is 11.8 Å². The van der Waals surface area contributed by atoms with Gasteiger partial charge in [-0.1, -0.05) is 11.6 Å². The Balaban J connectivity index is 1.27. The van der Waals surface area contributed by atoms with E-state index in [1.54, 1.807) is 66.4 Å². The van der Waals surface area contributed by atoms with Crippen LogP contribution in [0.4, 0.5) is 5.69 Å². The van der Waals surface area contributed by atoms with Crippen LogP contribution in [-0.4, -0.2) is 61.4 Å². The molecule has 0 spiro atoms. The van der Waals surface area contributed by atoms with E-state index in [-0.39, 0.29) is 61.5 Å². The summed E-state index contributed by atoms with van der Waals surface area (Å²) in [5.74, 6) is -0.142. The molecule has 0 unspecified atom stereocenters. The van der Waals surface area contributed by atoms with E-state index < -0.39 is 0 Å². The third kappa shape index (κ3) is 6.54. The predicted molar refractivity (Wildman–Crippen MR) is 148 cm³/mol. The van der Waals surface area contributed by atoms with Gasteiger partial charge in [0.1, 0.15) is 17.3 Å². The summed E-state index contributed by atoms with van der Waals surface area (Å²) >= 11 is 5.89. The van der Waals surface area contributed by atoms with Crippen molar-refractivity contribution in [3.63, 3.8) is 0 Å². The van der Waals surface area contributed by atoms with Gasteiger partial charge >= 0.3 is 5.97 Å². The van der Waals surface area contributed by atoms with Crippen LogP contribution in [-0.2, 0) is 20.9 Å². The molecule has 0 N–H and O–H groups in total. The van der Waals surface area contributed by atoms with Crippen molar-refractivity contribution < 1.29 is 37.8 Å². The van der Waals surface area contributed by atoms with Gasteiger partial charge < -0.3 is 23.5 Å². The Labute approximate surface area is 241 Å². The molecule has 0 aliphatic carbocycles. The van der Waals surface area contributed by atoms with E-state index in [1.165, 1.54) is 4.90 Å². The van der Waals surface area contributed by atoms with Crippen molar-refractivity contribution in [2.45, 2.75) is 26.3 Å². The van der Waals surface area contributed by atoms with Gasteiger partial charge in [0.15, 0.2) is 24.8 Å². The molecule has 5 rings (SSSR count). The number of halogens is 1. The molecule has 0 saturated carbocycles. The van der Waals surface area contributed by atoms with Crippen LogP contribution in [0.1, 0.15) is 46.4 Å². The zero-order valence-electron chi connectivity index (χ0n) is 22.5. The minimum absolute atomic E-state index is 0.0346. The molecule has 1 saturated heterocycles. The number of nitrogens with zero attached hydrogens (tertiary/aromatic N) is 2. The molecule has 1 atom stereocenters. The van der Waals surface area contributed by atoms with Crippen LogP contribution in [0.25, 0.3) is 0 Å². The number of carbonyl (C=O) groups is 4. The molecule has 3 aromatic rings. The maximum atomic E-state index is 13.1. The summed E-state index contributed by atoms with van der Waals surface area (Å²) in [4.78, 5) is 54.0.